The summed E-state index contributed by atoms with van der Waals surface area (Å²) in [6.45, 7) is 6.00. The largest absolute Gasteiger partial charge is 0.342 e. The zero-order valence-electron chi connectivity index (χ0n) is 20.0. The van der Waals surface area contributed by atoms with Crippen molar-refractivity contribution in [3.63, 3.8) is 0 Å². The summed E-state index contributed by atoms with van der Waals surface area (Å²) in [5.41, 5.74) is 2.53. The number of hydrogen-bond donors (Lipinski definition) is 2. The highest BCUT2D eigenvalue weighted by atomic mass is 19.1. The Morgan fingerprint density at radius 3 is 2.34 bits per heavy atom. The molecular formula is C26H28F2N4O3. The minimum absolute atomic E-state index is 0.0895. The van der Waals surface area contributed by atoms with E-state index in [9.17, 15) is 23.2 Å². The van der Waals surface area contributed by atoms with Crippen molar-refractivity contribution in [2.24, 2.45) is 0 Å². The number of urea groups is 1. The molecule has 0 saturated carbocycles. The number of hydrogen-bond acceptors (Lipinski definition) is 3. The van der Waals surface area contributed by atoms with Gasteiger partial charge >= 0.3 is 6.03 Å². The number of fused-ring (bicyclic) bond motifs is 1. The molecule has 2 aliphatic heterocycles. The molecule has 184 valence electrons. The van der Waals surface area contributed by atoms with Crippen LogP contribution >= 0.6 is 0 Å². The number of nitrogens with zero attached hydrogens (tertiary/aromatic N) is 2. The lowest BCUT2D eigenvalue weighted by molar-refractivity contribution is -0.139. The second kappa shape index (κ2) is 9.48. The highest BCUT2D eigenvalue weighted by molar-refractivity contribution is 5.91. The van der Waals surface area contributed by atoms with Gasteiger partial charge in [-0.25, -0.2) is 13.6 Å². The Hall–Kier alpha value is -3.75. The van der Waals surface area contributed by atoms with E-state index in [2.05, 4.69) is 10.6 Å². The molecule has 9 heteroatoms. The third kappa shape index (κ3) is 5.34. The maximum atomic E-state index is 14.0. The van der Waals surface area contributed by atoms with E-state index < -0.39 is 17.2 Å². The summed E-state index contributed by atoms with van der Waals surface area (Å²) in [6.07, 6.45) is 2.66. The van der Waals surface area contributed by atoms with Crippen molar-refractivity contribution in [1.29, 1.82) is 0 Å². The van der Waals surface area contributed by atoms with Gasteiger partial charge in [-0.2, -0.15) is 0 Å². The van der Waals surface area contributed by atoms with Crippen molar-refractivity contribution < 1.29 is 23.2 Å². The van der Waals surface area contributed by atoms with Crippen molar-refractivity contribution in [2.75, 3.05) is 18.4 Å². The second-order valence-corrected chi connectivity index (χ2v) is 9.43. The Balaban J connectivity index is 1.35. The van der Waals surface area contributed by atoms with E-state index in [1.54, 1.807) is 30.9 Å². The lowest BCUT2D eigenvalue weighted by Crippen LogP contribution is -2.56. The van der Waals surface area contributed by atoms with Gasteiger partial charge in [-0.15, -0.1) is 0 Å². The fourth-order valence-corrected chi connectivity index (χ4v) is 4.55. The predicted octanol–water partition coefficient (Wildman–Crippen LogP) is 4.04. The second-order valence-electron chi connectivity index (χ2n) is 9.43. The van der Waals surface area contributed by atoms with Crippen LogP contribution in [0.15, 0.2) is 42.5 Å². The average molecular weight is 483 g/mol. The monoisotopic (exact) mass is 482 g/mol. The molecule has 2 heterocycles. The highest BCUT2D eigenvalue weighted by Crippen LogP contribution is 2.28. The van der Waals surface area contributed by atoms with Gasteiger partial charge in [0.25, 0.3) is 0 Å². The normalized spacial score (nSPS) is 15.4. The van der Waals surface area contributed by atoms with Gasteiger partial charge in [0.15, 0.2) is 0 Å². The molecule has 0 saturated heterocycles. The molecule has 0 atom stereocenters. The molecule has 4 amide bonds. The molecule has 4 rings (SSSR count). The summed E-state index contributed by atoms with van der Waals surface area (Å²) in [5, 5.41) is 5.49. The van der Waals surface area contributed by atoms with Gasteiger partial charge < -0.3 is 20.4 Å². The number of carbonyl (C=O) groups is 3. The van der Waals surface area contributed by atoms with E-state index >= 15 is 0 Å². The zero-order valence-corrected chi connectivity index (χ0v) is 20.0. The van der Waals surface area contributed by atoms with Gasteiger partial charge in [0.2, 0.25) is 11.8 Å². The molecular weight excluding hydrogens is 454 g/mol. The molecule has 2 aliphatic rings. The fraction of sp³-hybridized carbons (Fsp3) is 0.346. The van der Waals surface area contributed by atoms with Crippen LogP contribution in [0.3, 0.4) is 0 Å². The van der Waals surface area contributed by atoms with Crippen LogP contribution in [-0.2, 0) is 22.7 Å². The quantitative estimate of drug-likeness (QED) is 0.690. The lowest BCUT2D eigenvalue weighted by Gasteiger charge is -2.34. The number of carbonyl (C=O) groups excluding carboxylic acids is 3. The lowest BCUT2D eigenvalue weighted by atomic mass is 9.97. The first-order valence-electron chi connectivity index (χ1n) is 11.4. The SMILES string of the molecule is CC(=O)NC(C)(C)C(=O)N1CC=C(c2ccc(NC(=O)N3Cc4cc(F)cc(F)c4C3)cc2)CC1. The Morgan fingerprint density at radius 1 is 1.00 bits per heavy atom. The Labute approximate surface area is 202 Å². The topological polar surface area (TPSA) is 81.8 Å². The summed E-state index contributed by atoms with van der Waals surface area (Å²) in [4.78, 5) is 39.9. The predicted molar refractivity (Wildman–Crippen MR) is 128 cm³/mol. The molecule has 2 aromatic rings. The third-order valence-corrected chi connectivity index (χ3v) is 6.28. The van der Waals surface area contributed by atoms with Crippen molar-refractivity contribution in [3.05, 3.63) is 70.8 Å². The number of halogens is 2. The zero-order chi connectivity index (χ0) is 25.3. The van der Waals surface area contributed by atoms with E-state index in [0.29, 0.717) is 36.3 Å². The van der Waals surface area contributed by atoms with Crippen molar-refractivity contribution in [2.45, 2.75) is 45.8 Å². The molecule has 0 unspecified atom stereocenters. The molecule has 7 nitrogen and oxygen atoms in total. The molecule has 0 spiro atoms. The van der Waals surface area contributed by atoms with E-state index in [0.717, 1.165) is 17.2 Å². The van der Waals surface area contributed by atoms with E-state index in [4.69, 9.17) is 0 Å². The third-order valence-electron chi connectivity index (χ3n) is 6.28. The fourth-order valence-electron chi connectivity index (χ4n) is 4.55. The van der Waals surface area contributed by atoms with Gasteiger partial charge in [-0.05, 0) is 55.2 Å². The van der Waals surface area contributed by atoms with Gasteiger partial charge in [0.05, 0.1) is 6.54 Å². The van der Waals surface area contributed by atoms with Crippen LogP contribution in [0.25, 0.3) is 5.57 Å². The highest BCUT2D eigenvalue weighted by Gasteiger charge is 2.33. The molecule has 0 fully saturated rings. The standard InChI is InChI=1S/C26H28F2N4O3/c1-16(33)30-26(2,3)24(34)31-10-8-18(9-11-31)17-4-6-21(7-5-17)29-25(35)32-14-19-12-20(27)13-23(28)22(19)15-32/h4-8,12-13H,9-11,14-15H2,1-3H3,(H,29,35)(H,30,33). The summed E-state index contributed by atoms with van der Waals surface area (Å²) < 4.78 is 27.4. The van der Waals surface area contributed by atoms with Crippen LogP contribution in [0, 0.1) is 11.6 Å². The van der Waals surface area contributed by atoms with Crippen LogP contribution in [0.5, 0.6) is 0 Å². The molecule has 2 N–H and O–H groups in total. The number of nitrogens with one attached hydrogen (secondary N) is 2. The molecule has 0 radical (unpaired) electrons. The molecule has 0 aliphatic carbocycles. The van der Waals surface area contributed by atoms with Gasteiger partial charge in [-0.3, -0.25) is 9.59 Å². The minimum Gasteiger partial charge on any atom is -0.342 e. The summed E-state index contributed by atoms with van der Waals surface area (Å²) >= 11 is 0. The Kier molecular flexibility index (Phi) is 6.60. The maximum absolute atomic E-state index is 14.0. The first kappa shape index (κ1) is 24.4. The van der Waals surface area contributed by atoms with E-state index in [-0.39, 0.29) is 30.9 Å². The van der Waals surface area contributed by atoms with Crippen LogP contribution in [0.1, 0.15) is 43.9 Å². The van der Waals surface area contributed by atoms with E-state index in [1.807, 2.05) is 18.2 Å². The van der Waals surface area contributed by atoms with Gasteiger partial charge in [0, 0.05) is 43.9 Å². The van der Waals surface area contributed by atoms with E-state index in [1.165, 1.54) is 17.9 Å². The van der Waals surface area contributed by atoms with Gasteiger partial charge in [-0.1, -0.05) is 18.2 Å². The van der Waals surface area contributed by atoms with Crippen LogP contribution < -0.4 is 10.6 Å². The number of anilines is 1. The molecule has 2 aromatic carbocycles. The summed E-state index contributed by atoms with van der Waals surface area (Å²) in [5.74, 6) is -1.67. The van der Waals surface area contributed by atoms with Gasteiger partial charge in [0.1, 0.15) is 17.2 Å². The average Bonchev–Trinajstić information content (AvgIpc) is 3.23. The van der Waals surface area contributed by atoms with Crippen molar-refractivity contribution >= 4 is 29.1 Å². The Bertz CT molecular complexity index is 1210. The smallest absolute Gasteiger partial charge is 0.322 e. The van der Waals surface area contributed by atoms with Crippen LogP contribution in [-0.4, -0.2) is 46.3 Å². The van der Waals surface area contributed by atoms with Crippen molar-refractivity contribution in [1.82, 2.24) is 15.1 Å². The molecule has 35 heavy (non-hydrogen) atoms. The van der Waals surface area contributed by atoms with Crippen LogP contribution in [0.2, 0.25) is 0 Å². The van der Waals surface area contributed by atoms with Crippen molar-refractivity contribution in [3.8, 4) is 0 Å². The first-order valence-corrected chi connectivity index (χ1v) is 11.4. The van der Waals surface area contributed by atoms with Crippen LogP contribution in [0.4, 0.5) is 19.3 Å². The minimum atomic E-state index is -0.965. The maximum Gasteiger partial charge on any atom is 0.322 e. The molecule has 0 aromatic heterocycles. The summed E-state index contributed by atoms with van der Waals surface area (Å²) in [7, 11) is 0. The first-order chi connectivity index (χ1) is 16.5. The molecule has 0 bridgehead atoms. The summed E-state index contributed by atoms with van der Waals surface area (Å²) in [6, 6.07) is 9.07. The Morgan fingerprint density at radius 2 is 1.71 bits per heavy atom. The number of rotatable bonds is 4. The number of benzene rings is 2. The number of amides is 4.